The molecule has 1 aliphatic carbocycles. The van der Waals surface area contributed by atoms with Crippen molar-refractivity contribution in [2.75, 3.05) is 19.6 Å². The Hall–Kier alpha value is -1.59. The molecule has 3 aliphatic rings. The molecule has 1 spiro atoms. The van der Waals surface area contributed by atoms with Crippen LogP contribution in [0.3, 0.4) is 0 Å². The van der Waals surface area contributed by atoms with Gasteiger partial charge in [0.2, 0.25) is 5.91 Å². The van der Waals surface area contributed by atoms with Crippen molar-refractivity contribution in [3.05, 3.63) is 0 Å². The number of hydrogen-bond acceptors (Lipinski definition) is 3. The molecule has 0 aromatic rings. The molecule has 3 rings (SSSR count). The van der Waals surface area contributed by atoms with E-state index < -0.39 is 5.54 Å². The van der Waals surface area contributed by atoms with Gasteiger partial charge in [-0.1, -0.05) is 39.0 Å². The first-order chi connectivity index (χ1) is 11.5. The maximum absolute atomic E-state index is 12.9. The first-order valence-corrected chi connectivity index (χ1v) is 9.44. The van der Waals surface area contributed by atoms with Gasteiger partial charge in [0.1, 0.15) is 12.1 Å². The molecule has 0 aromatic carbocycles. The summed E-state index contributed by atoms with van der Waals surface area (Å²) in [5.41, 5.74) is -0.757. The molecular formula is C18H29N3O3. The lowest BCUT2D eigenvalue weighted by atomic mass is 9.84. The predicted octanol–water partition coefficient (Wildman–Crippen LogP) is 2.28. The van der Waals surface area contributed by atoms with E-state index in [0.717, 1.165) is 56.5 Å². The number of carbonyl (C=O) groups is 3. The maximum atomic E-state index is 12.9. The van der Waals surface area contributed by atoms with Crippen molar-refractivity contribution in [3.63, 3.8) is 0 Å². The lowest BCUT2D eigenvalue weighted by Crippen LogP contribution is -2.49. The molecule has 0 unspecified atom stereocenters. The van der Waals surface area contributed by atoms with E-state index >= 15 is 0 Å². The second-order valence-corrected chi connectivity index (χ2v) is 7.76. The third kappa shape index (κ3) is 3.42. The van der Waals surface area contributed by atoms with Crippen LogP contribution in [0, 0.1) is 5.92 Å². The number of likely N-dealkylation sites (tertiary alicyclic amines) is 1. The molecule has 3 fully saturated rings. The summed E-state index contributed by atoms with van der Waals surface area (Å²) in [6.07, 6.45) is 8.85. The van der Waals surface area contributed by atoms with E-state index in [1.54, 1.807) is 4.90 Å². The molecule has 0 bridgehead atoms. The van der Waals surface area contributed by atoms with Gasteiger partial charge < -0.3 is 10.2 Å². The number of piperidine rings is 1. The van der Waals surface area contributed by atoms with Gasteiger partial charge in [0.15, 0.2) is 0 Å². The molecule has 0 aromatic heterocycles. The zero-order chi connectivity index (χ0) is 17.2. The van der Waals surface area contributed by atoms with Crippen LogP contribution in [-0.2, 0) is 9.59 Å². The molecule has 2 saturated heterocycles. The van der Waals surface area contributed by atoms with Gasteiger partial charge in [-0.3, -0.25) is 14.5 Å². The smallest absolute Gasteiger partial charge is 0.325 e. The lowest BCUT2D eigenvalue weighted by molar-refractivity contribution is -0.140. The third-order valence-corrected chi connectivity index (χ3v) is 5.76. The van der Waals surface area contributed by atoms with Crippen LogP contribution >= 0.6 is 0 Å². The largest absolute Gasteiger partial charge is 0.341 e. The minimum atomic E-state index is -0.757. The van der Waals surface area contributed by atoms with Gasteiger partial charge in [0.25, 0.3) is 5.91 Å². The number of hydrogen-bond donors (Lipinski definition) is 1. The number of rotatable bonds is 2. The van der Waals surface area contributed by atoms with Crippen molar-refractivity contribution in [1.29, 1.82) is 0 Å². The van der Waals surface area contributed by atoms with Crippen LogP contribution in [0.4, 0.5) is 4.79 Å². The topological polar surface area (TPSA) is 69.7 Å². The Morgan fingerprint density at radius 2 is 1.79 bits per heavy atom. The van der Waals surface area contributed by atoms with Crippen LogP contribution in [0.1, 0.15) is 64.7 Å². The Morgan fingerprint density at radius 3 is 2.46 bits per heavy atom. The molecule has 24 heavy (non-hydrogen) atoms. The zero-order valence-corrected chi connectivity index (χ0v) is 14.7. The highest BCUT2D eigenvalue weighted by Crippen LogP contribution is 2.32. The molecule has 6 heteroatoms. The van der Waals surface area contributed by atoms with Crippen molar-refractivity contribution in [1.82, 2.24) is 15.1 Å². The van der Waals surface area contributed by atoms with E-state index in [-0.39, 0.29) is 24.4 Å². The molecule has 4 amide bonds. The number of nitrogens with one attached hydrogen (secondary N) is 1. The Balaban J connectivity index is 1.66. The fourth-order valence-corrected chi connectivity index (χ4v) is 4.32. The van der Waals surface area contributed by atoms with E-state index in [0.29, 0.717) is 18.8 Å². The van der Waals surface area contributed by atoms with E-state index in [2.05, 4.69) is 12.2 Å². The molecule has 1 saturated carbocycles. The minimum Gasteiger partial charge on any atom is -0.341 e. The fourth-order valence-electron chi connectivity index (χ4n) is 4.32. The van der Waals surface area contributed by atoms with E-state index in [9.17, 15) is 14.4 Å². The first kappa shape index (κ1) is 17.2. The second-order valence-electron chi connectivity index (χ2n) is 7.76. The van der Waals surface area contributed by atoms with Crippen molar-refractivity contribution < 1.29 is 14.4 Å². The zero-order valence-electron chi connectivity index (χ0n) is 14.7. The molecule has 2 heterocycles. The monoisotopic (exact) mass is 335 g/mol. The summed E-state index contributed by atoms with van der Waals surface area (Å²) >= 11 is 0. The van der Waals surface area contributed by atoms with Crippen molar-refractivity contribution in [3.8, 4) is 0 Å². The average molecular weight is 335 g/mol. The SMILES string of the molecule is C[C@H]1CCCN(C(=O)CN2C(=O)NC3(CCCCCCC3)C2=O)C1. The van der Waals surface area contributed by atoms with Crippen molar-refractivity contribution >= 4 is 17.8 Å². The van der Waals surface area contributed by atoms with Crippen LogP contribution < -0.4 is 5.32 Å². The van der Waals surface area contributed by atoms with Crippen LogP contribution in [0.5, 0.6) is 0 Å². The van der Waals surface area contributed by atoms with Gasteiger partial charge in [-0.25, -0.2) is 4.79 Å². The predicted molar refractivity (Wildman–Crippen MR) is 90.3 cm³/mol. The molecule has 0 radical (unpaired) electrons. The van der Waals surface area contributed by atoms with Gasteiger partial charge in [-0.2, -0.15) is 0 Å². The number of carbonyl (C=O) groups excluding carboxylic acids is 3. The van der Waals surface area contributed by atoms with Crippen LogP contribution in [0.15, 0.2) is 0 Å². The summed E-state index contributed by atoms with van der Waals surface area (Å²) in [6.45, 7) is 3.49. The Labute approximate surface area is 143 Å². The van der Waals surface area contributed by atoms with Gasteiger partial charge in [-0.15, -0.1) is 0 Å². The Morgan fingerprint density at radius 1 is 1.12 bits per heavy atom. The summed E-state index contributed by atoms with van der Waals surface area (Å²) < 4.78 is 0. The number of nitrogens with zero attached hydrogens (tertiary/aromatic N) is 2. The summed E-state index contributed by atoms with van der Waals surface area (Å²) in [5, 5.41) is 2.92. The van der Waals surface area contributed by atoms with Crippen LogP contribution in [0.2, 0.25) is 0 Å². The average Bonchev–Trinajstić information content (AvgIpc) is 2.76. The molecule has 6 nitrogen and oxygen atoms in total. The highest BCUT2D eigenvalue weighted by Gasteiger charge is 2.51. The molecule has 1 atom stereocenters. The van der Waals surface area contributed by atoms with Crippen LogP contribution in [0.25, 0.3) is 0 Å². The van der Waals surface area contributed by atoms with E-state index in [1.807, 2.05) is 0 Å². The summed E-state index contributed by atoms with van der Waals surface area (Å²) in [7, 11) is 0. The van der Waals surface area contributed by atoms with E-state index in [4.69, 9.17) is 0 Å². The number of amides is 4. The van der Waals surface area contributed by atoms with Gasteiger partial charge in [0.05, 0.1) is 0 Å². The molecule has 2 aliphatic heterocycles. The highest BCUT2D eigenvalue weighted by molar-refractivity contribution is 6.09. The quantitative estimate of drug-likeness (QED) is 0.787. The minimum absolute atomic E-state index is 0.104. The first-order valence-electron chi connectivity index (χ1n) is 9.44. The third-order valence-electron chi connectivity index (χ3n) is 5.76. The fraction of sp³-hybridized carbons (Fsp3) is 0.833. The lowest BCUT2D eigenvalue weighted by Gasteiger charge is -2.32. The Kier molecular flexibility index (Phi) is 5.11. The summed E-state index contributed by atoms with van der Waals surface area (Å²) in [4.78, 5) is 40.8. The van der Waals surface area contributed by atoms with Gasteiger partial charge in [-0.05, 0) is 31.6 Å². The summed E-state index contributed by atoms with van der Waals surface area (Å²) in [5.74, 6) is 0.198. The standard InChI is InChI=1S/C18H29N3O3/c1-14-8-7-11-20(12-14)15(22)13-21-16(23)18(19-17(21)24)9-5-3-2-4-6-10-18/h14H,2-13H2,1H3,(H,19,24)/t14-/m0/s1. The summed E-state index contributed by atoms with van der Waals surface area (Å²) in [6, 6.07) is -0.390. The van der Waals surface area contributed by atoms with Crippen molar-refractivity contribution in [2.24, 2.45) is 5.92 Å². The normalized spacial score (nSPS) is 27.8. The number of imide groups is 1. The van der Waals surface area contributed by atoms with Gasteiger partial charge in [0, 0.05) is 13.1 Å². The maximum Gasteiger partial charge on any atom is 0.325 e. The highest BCUT2D eigenvalue weighted by atomic mass is 16.2. The molecule has 134 valence electrons. The molecular weight excluding hydrogens is 306 g/mol. The second kappa shape index (κ2) is 7.11. The van der Waals surface area contributed by atoms with Crippen LogP contribution in [-0.4, -0.2) is 52.8 Å². The molecule has 1 N–H and O–H groups in total. The van der Waals surface area contributed by atoms with E-state index in [1.165, 1.54) is 6.42 Å². The van der Waals surface area contributed by atoms with Gasteiger partial charge >= 0.3 is 6.03 Å². The van der Waals surface area contributed by atoms with Crippen molar-refractivity contribution in [2.45, 2.75) is 70.3 Å². The number of urea groups is 1. The Bertz CT molecular complexity index is 512.